The molecule has 9 nitrogen and oxygen atoms in total. The molecule has 3 rings (SSSR count). The minimum atomic E-state index is -0.497. The molecule has 0 radical (unpaired) electrons. The van der Waals surface area contributed by atoms with Gasteiger partial charge in [0.15, 0.2) is 0 Å². The van der Waals surface area contributed by atoms with E-state index in [2.05, 4.69) is 5.32 Å². The summed E-state index contributed by atoms with van der Waals surface area (Å²) in [5.74, 6) is -0.252. The van der Waals surface area contributed by atoms with Crippen LogP contribution in [0.15, 0.2) is 24.3 Å². The van der Waals surface area contributed by atoms with Crippen LogP contribution in [-0.4, -0.2) is 72.1 Å². The van der Waals surface area contributed by atoms with Gasteiger partial charge in [-0.15, -0.1) is 0 Å². The van der Waals surface area contributed by atoms with Crippen molar-refractivity contribution in [3.8, 4) is 0 Å². The first-order chi connectivity index (χ1) is 12.5. The Morgan fingerprint density at radius 2 is 1.62 bits per heavy atom. The van der Waals surface area contributed by atoms with Gasteiger partial charge in [-0.05, 0) is 25.0 Å². The molecule has 0 unspecified atom stereocenters. The van der Waals surface area contributed by atoms with E-state index in [1.54, 1.807) is 4.90 Å². The van der Waals surface area contributed by atoms with E-state index in [4.69, 9.17) is 4.74 Å². The van der Waals surface area contributed by atoms with Crippen molar-refractivity contribution >= 4 is 17.6 Å². The smallest absolute Gasteiger partial charge is 0.320 e. The van der Waals surface area contributed by atoms with Crippen LogP contribution < -0.4 is 5.32 Å². The van der Waals surface area contributed by atoms with Crippen molar-refractivity contribution < 1.29 is 19.2 Å². The number of non-ortho nitro benzene ring substituents is 1. The number of hydrogen-bond donors (Lipinski definition) is 1. The van der Waals surface area contributed by atoms with Crippen molar-refractivity contribution in [2.45, 2.75) is 18.9 Å². The fraction of sp³-hybridized carbons (Fsp3) is 0.529. The summed E-state index contributed by atoms with van der Waals surface area (Å²) in [5.41, 5.74) is 0.346. The number of nitrogens with one attached hydrogen (secondary N) is 1. The maximum Gasteiger partial charge on any atom is 0.320 e. The lowest BCUT2D eigenvalue weighted by molar-refractivity contribution is -0.384. The molecule has 0 atom stereocenters. The van der Waals surface area contributed by atoms with Crippen LogP contribution in [0.2, 0.25) is 0 Å². The highest BCUT2D eigenvalue weighted by Gasteiger charge is 2.28. The topological polar surface area (TPSA) is 105 Å². The fourth-order valence-electron chi connectivity index (χ4n) is 3.17. The number of nitro benzene ring substituents is 1. The van der Waals surface area contributed by atoms with Crippen molar-refractivity contribution in [2.75, 3.05) is 39.4 Å². The van der Waals surface area contributed by atoms with E-state index in [-0.39, 0.29) is 23.7 Å². The van der Waals surface area contributed by atoms with Crippen molar-refractivity contribution in [1.82, 2.24) is 15.1 Å². The Morgan fingerprint density at radius 1 is 1.04 bits per heavy atom. The van der Waals surface area contributed by atoms with Crippen molar-refractivity contribution in [3.05, 3.63) is 39.9 Å². The Bertz CT molecular complexity index is 664. The maximum atomic E-state index is 12.4. The molecule has 140 valence electrons. The van der Waals surface area contributed by atoms with Gasteiger partial charge < -0.3 is 19.9 Å². The summed E-state index contributed by atoms with van der Waals surface area (Å²) in [5, 5.41) is 13.6. The third kappa shape index (κ3) is 4.29. The number of rotatable bonds is 3. The zero-order valence-electron chi connectivity index (χ0n) is 14.4. The van der Waals surface area contributed by atoms with Crippen LogP contribution in [-0.2, 0) is 4.74 Å². The van der Waals surface area contributed by atoms with Gasteiger partial charge >= 0.3 is 6.03 Å². The van der Waals surface area contributed by atoms with E-state index in [1.807, 2.05) is 4.90 Å². The van der Waals surface area contributed by atoms with Gasteiger partial charge in [0.05, 0.1) is 18.1 Å². The first-order valence-corrected chi connectivity index (χ1v) is 8.71. The summed E-state index contributed by atoms with van der Waals surface area (Å²) < 4.78 is 5.26. The largest absolute Gasteiger partial charge is 0.378 e. The van der Waals surface area contributed by atoms with Crippen molar-refractivity contribution in [3.63, 3.8) is 0 Å². The van der Waals surface area contributed by atoms with Gasteiger partial charge in [-0.2, -0.15) is 0 Å². The molecule has 0 spiro atoms. The van der Waals surface area contributed by atoms with Gasteiger partial charge in [0.25, 0.3) is 11.6 Å². The Kier molecular flexibility index (Phi) is 5.67. The number of piperidine rings is 1. The summed E-state index contributed by atoms with van der Waals surface area (Å²) in [7, 11) is 0. The number of ether oxygens (including phenoxy) is 1. The number of carbonyl (C=O) groups is 2. The number of morpholine rings is 1. The van der Waals surface area contributed by atoms with Crippen LogP contribution in [0, 0.1) is 10.1 Å². The minimum absolute atomic E-state index is 0.00793. The maximum absolute atomic E-state index is 12.4. The van der Waals surface area contributed by atoms with Crippen LogP contribution in [0.3, 0.4) is 0 Å². The Morgan fingerprint density at radius 3 is 2.19 bits per heavy atom. The van der Waals surface area contributed by atoms with E-state index in [0.29, 0.717) is 57.8 Å². The molecule has 0 aliphatic carbocycles. The lowest BCUT2D eigenvalue weighted by Gasteiger charge is -2.37. The average Bonchev–Trinajstić information content (AvgIpc) is 2.68. The summed E-state index contributed by atoms with van der Waals surface area (Å²) in [6.07, 6.45) is 1.38. The van der Waals surface area contributed by atoms with Crippen LogP contribution in [0.25, 0.3) is 0 Å². The Balaban J connectivity index is 1.48. The van der Waals surface area contributed by atoms with Crippen LogP contribution >= 0.6 is 0 Å². The lowest BCUT2D eigenvalue weighted by Crippen LogP contribution is -2.52. The van der Waals surface area contributed by atoms with E-state index in [1.165, 1.54) is 24.3 Å². The van der Waals surface area contributed by atoms with E-state index in [9.17, 15) is 19.7 Å². The van der Waals surface area contributed by atoms with Crippen LogP contribution in [0.1, 0.15) is 23.2 Å². The molecular formula is C17H22N4O5. The van der Waals surface area contributed by atoms with Gasteiger partial charge in [0, 0.05) is 49.9 Å². The highest BCUT2D eigenvalue weighted by molar-refractivity contribution is 5.94. The third-order valence-corrected chi connectivity index (χ3v) is 4.72. The van der Waals surface area contributed by atoms with Crippen molar-refractivity contribution in [1.29, 1.82) is 0 Å². The molecule has 2 saturated heterocycles. The summed E-state index contributed by atoms with van der Waals surface area (Å²) in [6, 6.07) is 5.56. The fourth-order valence-corrected chi connectivity index (χ4v) is 3.17. The number of amides is 3. The van der Waals surface area contributed by atoms with E-state index >= 15 is 0 Å². The zero-order valence-corrected chi connectivity index (χ0v) is 14.4. The summed E-state index contributed by atoms with van der Waals surface area (Å²) in [4.78, 5) is 38.5. The molecule has 1 N–H and O–H groups in total. The Hall–Kier alpha value is -2.68. The molecular weight excluding hydrogens is 340 g/mol. The van der Waals surface area contributed by atoms with Crippen LogP contribution in [0.4, 0.5) is 10.5 Å². The molecule has 0 aromatic heterocycles. The van der Waals surface area contributed by atoms with Gasteiger partial charge in [-0.3, -0.25) is 14.9 Å². The highest BCUT2D eigenvalue weighted by atomic mass is 16.6. The molecule has 26 heavy (non-hydrogen) atoms. The number of nitrogens with zero attached hydrogens (tertiary/aromatic N) is 3. The molecule has 0 saturated carbocycles. The number of likely N-dealkylation sites (tertiary alicyclic amines) is 1. The molecule has 2 aliphatic rings. The predicted molar refractivity (Wildman–Crippen MR) is 92.9 cm³/mol. The lowest BCUT2D eigenvalue weighted by atomic mass is 10.0. The number of nitro groups is 1. The van der Waals surface area contributed by atoms with Gasteiger partial charge in [0.1, 0.15) is 0 Å². The molecule has 9 heteroatoms. The van der Waals surface area contributed by atoms with E-state index < -0.39 is 4.92 Å². The van der Waals surface area contributed by atoms with Crippen LogP contribution in [0.5, 0.6) is 0 Å². The first kappa shape index (κ1) is 18.1. The molecule has 3 amide bonds. The standard InChI is InChI=1S/C17H22N4O5/c22-16(13-1-3-15(4-2-13)21(24)25)18-14-5-7-19(8-6-14)17(23)20-9-11-26-12-10-20/h1-4,14H,5-12H2,(H,18,22). The number of urea groups is 1. The molecule has 2 fully saturated rings. The molecule has 2 heterocycles. The van der Waals surface area contributed by atoms with Gasteiger partial charge in [-0.1, -0.05) is 0 Å². The SMILES string of the molecule is O=C(NC1CCN(C(=O)N2CCOCC2)CC1)c1ccc([N+](=O)[O-])cc1. The number of benzene rings is 1. The monoisotopic (exact) mass is 362 g/mol. The molecule has 1 aromatic carbocycles. The number of hydrogen-bond acceptors (Lipinski definition) is 5. The second-order valence-electron chi connectivity index (χ2n) is 6.42. The third-order valence-electron chi connectivity index (χ3n) is 4.72. The highest BCUT2D eigenvalue weighted by Crippen LogP contribution is 2.15. The quantitative estimate of drug-likeness (QED) is 0.643. The molecule has 1 aromatic rings. The first-order valence-electron chi connectivity index (χ1n) is 8.71. The molecule has 2 aliphatic heterocycles. The second-order valence-corrected chi connectivity index (χ2v) is 6.42. The summed E-state index contributed by atoms with van der Waals surface area (Å²) >= 11 is 0. The van der Waals surface area contributed by atoms with Gasteiger partial charge in [0.2, 0.25) is 0 Å². The normalized spacial score (nSPS) is 18.5. The average molecular weight is 362 g/mol. The summed E-state index contributed by atoms with van der Waals surface area (Å²) in [6.45, 7) is 3.59. The van der Waals surface area contributed by atoms with Crippen molar-refractivity contribution in [2.24, 2.45) is 0 Å². The zero-order chi connectivity index (χ0) is 18.5. The Labute approximate surface area is 151 Å². The predicted octanol–water partition coefficient (Wildman–Crippen LogP) is 1.24. The van der Waals surface area contributed by atoms with Gasteiger partial charge in [-0.25, -0.2) is 4.79 Å². The number of carbonyl (C=O) groups excluding carboxylic acids is 2. The second kappa shape index (κ2) is 8.13. The van der Waals surface area contributed by atoms with E-state index in [0.717, 1.165) is 0 Å². The molecule has 0 bridgehead atoms. The minimum Gasteiger partial charge on any atom is -0.378 e.